The monoisotopic (exact) mass is 384 g/mol. The van der Waals surface area contributed by atoms with E-state index >= 15 is 0 Å². The molecule has 146 valence electrons. The van der Waals surface area contributed by atoms with Crippen molar-refractivity contribution in [1.82, 2.24) is 9.88 Å². The van der Waals surface area contributed by atoms with Gasteiger partial charge in [0, 0.05) is 18.7 Å². The molecule has 1 saturated carbocycles. The summed E-state index contributed by atoms with van der Waals surface area (Å²) in [5, 5.41) is 9.54. The standard InChI is InChI=1S/C20H20N2O6/c23-19(22-8-13(11-1-2-11)14(9-22)20(24)25)17-18(28-10-21-17)12-3-4-15-16(7-12)27-6-5-26-15/h3-4,7,10-11,13-14H,1-2,5-6,8-9H2,(H,24,25)/t13-,14+/m1/s1. The number of aromatic nitrogens is 1. The van der Waals surface area contributed by atoms with Crippen molar-refractivity contribution in [1.29, 1.82) is 0 Å². The molecule has 1 aromatic heterocycles. The fourth-order valence-electron chi connectivity index (χ4n) is 4.20. The van der Waals surface area contributed by atoms with Crippen LogP contribution in [0.25, 0.3) is 11.3 Å². The molecule has 5 rings (SSSR count). The fraction of sp³-hybridized carbons (Fsp3) is 0.450. The van der Waals surface area contributed by atoms with E-state index in [1.165, 1.54) is 6.39 Å². The lowest BCUT2D eigenvalue weighted by atomic mass is 9.92. The number of nitrogens with zero attached hydrogens (tertiary/aromatic N) is 2. The van der Waals surface area contributed by atoms with E-state index in [0.717, 1.165) is 12.8 Å². The third kappa shape index (κ3) is 2.89. The molecule has 2 aliphatic heterocycles. The Morgan fingerprint density at radius 3 is 2.64 bits per heavy atom. The van der Waals surface area contributed by atoms with Crippen LogP contribution >= 0.6 is 0 Å². The fourth-order valence-corrected chi connectivity index (χ4v) is 4.20. The summed E-state index contributed by atoms with van der Waals surface area (Å²) in [4.78, 5) is 30.5. The van der Waals surface area contributed by atoms with Crippen molar-refractivity contribution < 1.29 is 28.6 Å². The average molecular weight is 384 g/mol. The molecule has 8 heteroatoms. The van der Waals surface area contributed by atoms with Crippen molar-refractivity contribution in [3.05, 3.63) is 30.3 Å². The molecular formula is C20H20N2O6. The van der Waals surface area contributed by atoms with Gasteiger partial charge in [-0.2, -0.15) is 0 Å². The number of carbonyl (C=O) groups is 2. The third-order valence-corrected chi connectivity index (χ3v) is 5.77. The van der Waals surface area contributed by atoms with E-state index < -0.39 is 11.9 Å². The first-order chi connectivity index (χ1) is 13.6. The van der Waals surface area contributed by atoms with Crippen LogP contribution in [0.4, 0.5) is 0 Å². The Bertz CT molecular complexity index is 935. The molecule has 3 aliphatic rings. The number of fused-ring (bicyclic) bond motifs is 1. The summed E-state index contributed by atoms with van der Waals surface area (Å²) in [6, 6.07) is 5.34. The van der Waals surface area contributed by atoms with Gasteiger partial charge in [0.05, 0.1) is 5.92 Å². The van der Waals surface area contributed by atoms with Crippen LogP contribution in [0.1, 0.15) is 23.3 Å². The molecule has 0 bridgehead atoms. The highest BCUT2D eigenvalue weighted by molar-refractivity contribution is 5.98. The number of hydrogen-bond acceptors (Lipinski definition) is 6. The molecule has 1 N–H and O–H groups in total. The maximum atomic E-state index is 13.1. The first-order valence-corrected chi connectivity index (χ1v) is 9.47. The normalized spacial score (nSPS) is 23.6. The minimum atomic E-state index is -0.834. The quantitative estimate of drug-likeness (QED) is 0.863. The van der Waals surface area contributed by atoms with E-state index in [9.17, 15) is 14.7 Å². The van der Waals surface area contributed by atoms with Gasteiger partial charge < -0.3 is 23.9 Å². The molecule has 0 spiro atoms. The summed E-state index contributed by atoms with van der Waals surface area (Å²) in [6.07, 6.45) is 3.33. The largest absolute Gasteiger partial charge is 0.486 e. The summed E-state index contributed by atoms with van der Waals surface area (Å²) in [5.41, 5.74) is 0.857. The lowest BCUT2D eigenvalue weighted by molar-refractivity contribution is -0.142. The van der Waals surface area contributed by atoms with E-state index in [2.05, 4.69) is 4.98 Å². The predicted octanol–water partition coefficient (Wildman–Crippen LogP) is 2.30. The molecule has 8 nitrogen and oxygen atoms in total. The zero-order valence-corrected chi connectivity index (χ0v) is 15.2. The van der Waals surface area contributed by atoms with Gasteiger partial charge in [-0.1, -0.05) is 0 Å². The van der Waals surface area contributed by atoms with Crippen LogP contribution in [0, 0.1) is 17.8 Å². The number of aliphatic carboxylic acids is 1. The molecule has 3 heterocycles. The number of amides is 1. The van der Waals surface area contributed by atoms with Crippen LogP contribution in [0.15, 0.2) is 29.0 Å². The van der Waals surface area contributed by atoms with Gasteiger partial charge in [0.15, 0.2) is 29.3 Å². The van der Waals surface area contributed by atoms with Crippen LogP contribution < -0.4 is 9.47 Å². The van der Waals surface area contributed by atoms with E-state index in [4.69, 9.17) is 13.9 Å². The molecule has 1 aromatic carbocycles. The Morgan fingerprint density at radius 1 is 1.11 bits per heavy atom. The van der Waals surface area contributed by atoms with Crippen molar-refractivity contribution in [3.8, 4) is 22.8 Å². The summed E-state index contributed by atoms with van der Waals surface area (Å²) in [6.45, 7) is 1.63. The van der Waals surface area contributed by atoms with Gasteiger partial charge in [-0.15, -0.1) is 0 Å². The highest BCUT2D eigenvalue weighted by atomic mass is 16.6. The summed E-state index contributed by atoms with van der Waals surface area (Å²) in [7, 11) is 0. The lowest BCUT2D eigenvalue weighted by Gasteiger charge is -2.19. The van der Waals surface area contributed by atoms with Gasteiger partial charge in [-0.25, -0.2) is 4.98 Å². The minimum Gasteiger partial charge on any atom is -0.486 e. The molecule has 1 aliphatic carbocycles. The number of carboxylic acids is 1. The van der Waals surface area contributed by atoms with Crippen LogP contribution in [-0.2, 0) is 4.79 Å². The van der Waals surface area contributed by atoms with E-state index in [-0.39, 0.29) is 24.1 Å². The minimum absolute atomic E-state index is 0.0195. The predicted molar refractivity (Wildman–Crippen MR) is 96.2 cm³/mol. The number of benzene rings is 1. The number of rotatable bonds is 4. The number of hydrogen-bond donors (Lipinski definition) is 1. The van der Waals surface area contributed by atoms with Crippen LogP contribution in [-0.4, -0.2) is 53.2 Å². The average Bonchev–Trinajstić information content (AvgIpc) is 3.27. The van der Waals surface area contributed by atoms with E-state index in [0.29, 0.717) is 48.5 Å². The van der Waals surface area contributed by atoms with Crippen molar-refractivity contribution in [2.75, 3.05) is 26.3 Å². The number of likely N-dealkylation sites (tertiary alicyclic amines) is 1. The lowest BCUT2D eigenvalue weighted by Crippen LogP contribution is -2.30. The number of ether oxygens (including phenoxy) is 2. The van der Waals surface area contributed by atoms with Crippen molar-refractivity contribution in [2.45, 2.75) is 12.8 Å². The third-order valence-electron chi connectivity index (χ3n) is 5.77. The molecule has 2 atom stereocenters. The molecule has 28 heavy (non-hydrogen) atoms. The van der Waals surface area contributed by atoms with Gasteiger partial charge >= 0.3 is 5.97 Å². The van der Waals surface area contributed by atoms with Crippen molar-refractivity contribution in [3.63, 3.8) is 0 Å². The summed E-state index contributed by atoms with van der Waals surface area (Å²) in [5.74, 6) is 0.384. The van der Waals surface area contributed by atoms with Crippen molar-refractivity contribution in [2.24, 2.45) is 17.8 Å². The van der Waals surface area contributed by atoms with Gasteiger partial charge in [0.25, 0.3) is 5.91 Å². The Morgan fingerprint density at radius 2 is 1.89 bits per heavy atom. The molecule has 1 amide bonds. The maximum absolute atomic E-state index is 13.1. The highest BCUT2D eigenvalue weighted by Crippen LogP contribution is 2.44. The van der Waals surface area contributed by atoms with Gasteiger partial charge in [-0.05, 0) is 42.9 Å². The number of oxazole rings is 1. The number of carbonyl (C=O) groups excluding carboxylic acids is 1. The number of carboxylic acid groups (broad SMARTS) is 1. The van der Waals surface area contributed by atoms with Gasteiger partial charge in [-0.3, -0.25) is 9.59 Å². The topological polar surface area (TPSA) is 102 Å². The second kappa shape index (κ2) is 6.54. The smallest absolute Gasteiger partial charge is 0.308 e. The second-order valence-electron chi connectivity index (χ2n) is 7.54. The first kappa shape index (κ1) is 17.1. The van der Waals surface area contributed by atoms with E-state index in [1.54, 1.807) is 23.1 Å². The molecule has 0 unspecified atom stereocenters. The van der Waals surface area contributed by atoms with Crippen LogP contribution in [0.3, 0.4) is 0 Å². The summed E-state index contributed by atoms with van der Waals surface area (Å²) >= 11 is 0. The van der Waals surface area contributed by atoms with Crippen molar-refractivity contribution >= 4 is 11.9 Å². The van der Waals surface area contributed by atoms with E-state index in [1.807, 2.05) is 0 Å². The molecular weight excluding hydrogens is 364 g/mol. The zero-order chi connectivity index (χ0) is 19.3. The second-order valence-corrected chi connectivity index (χ2v) is 7.54. The Balaban J connectivity index is 1.41. The Labute approximate surface area is 161 Å². The highest BCUT2D eigenvalue weighted by Gasteiger charge is 2.47. The summed E-state index contributed by atoms with van der Waals surface area (Å²) < 4.78 is 16.6. The molecule has 1 saturated heterocycles. The molecule has 2 aromatic rings. The van der Waals surface area contributed by atoms with Gasteiger partial charge in [0.2, 0.25) is 0 Å². The van der Waals surface area contributed by atoms with Crippen LogP contribution in [0.2, 0.25) is 0 Å². The Hall–Kier alpha value is -3.03. The SMILES string of the molecule is O=C(O)[C@H]1CN(C(=O)c2ncoc2-c2ccc3c(c2)OCCO3)C[C@@H]1C1CC1. The zero-order valence-electron chi connectivity index (χ0n) is 15.2. The molecule has 0 radical (unpaired) electrons. The Kier molecular flexibility index (Phi) is 3.99. The van der Waals surface area contributed by atoms with Gasteiger partial charge in [0.1, 0.15) is 13.2 Å². The van der Waals surface area contributed by atoms with Crippen LogP contribution in [0.5, 0.6) is 11.5 Å². The molecule has 2 fully saturated rings. The maximum Gasteiger partial charge on any atom is 0.308 e. The first-order valence-electron chi connectivity index (χ1n) is 9.47.